The number of amides is 3. The standard InChI is InChI=1S/C34H28BrN3O5S2/c1-16-4-2-6-19(12-16)36-24(39)15-43-21-7-3-5-17(13-21)25-26-22-14-23(29(26)44-31-30(25)45-34(42)37-31)28-27(22)32(40)38(33(28)41)20-10-8-18(35)9-11-20/h2-13,22-23,25-29H,14-15H2,1H3,(H,36,39)(H,37,42)/t22-,23-,25-,26?,27?,28?,29?/m1/s1. The highest BCUT2D eigenvalue weighted by molar-refractivity contribution is 9.10. The molecule has 45 heavy (non-hydrogen) atoms. The van der Waals surface area contributed by atoms with Crippen molar-refractivity contribution in [3.8, 4) is 5.75 Å². The molecule has 3 fully saturated rings. The van der Waals surface area contributed by atoms with E-state index in [1.54, 1.807) is 11.8 Å². The first kappa shape index (κ1) is 28.8. The Hall–Kier alpha value is -3.67. The van der Waals surface area contributed by atoms with Crippen LogP contribution in [0.15, 0.2) is 87.1 Å². The number of halogens is 1. The molecule has 4 aromatic rings. The lowest BCUT2D eigenvalue weighted by molar-refractivity contribution is -0.123. The van der Waals surface area contributed by atoms with Crippen molar-refractivity contribution < 1.29 is 19.1 Å². The number of H-pyrrole nitrogens is 1. The molecule has 2 N–H and O–H groups in total. The molecule has 2 aliphatic carbocycles. The number of hydrogen-bond donors (Lipinski definition) is 2. The summed E-state index contributed by atoms with van der Waals surface area (Å²) in [7, 11) is 0. The van der Waals surface area contributed by atoms with Gasteiger partial charge in [0.2, 0.25) is 11.8 Å². The summed E-state index contributed by atoms with van der Waals surface area (Å²) in [6.07, 6.45) is 0.814. The van der Waals surface area contributed by atoms with E-state index in [9.17, 15) is 19.2 Å². The summed E-state index contributed by atoms with van der Waals surface area (Å²) in [6.45, 7) is 1.82. The third-order valence-corrected chi connectivity index (χ3v) is 12.8. The third kappa shape index (κ3) is 4.78. The van der Waals surface area contributed by atoms with Crippen LogP contribution < -0.4 is 19.8 Å². The number of ether oxygens (including phenoxy) is 1. The molecule has 8 rings (SSSR count). The number of nitrogens with zero attached hydrogens (tertiary/aromatic N) is 1. The highest BCUT2D eigenvalue weighted by Gasteiger charge is 2.69. The summed E-state index contributed by atoms with van der Waals surface area (Å²) in [5.74, 6) is -0.684. The van der Waals surface area contributed by atoms with Crippen molar-refractivity contribution in [2.75, 3.05) is 16.8 Å². The Kier molecular flexibility index (Phi) is 7.03. The number of hydrogen-bond acceptors (Lipinski definition) is 7. The first-order chi connectivity index (χ1) is 21.8. The summed E-state index contributed by atoms with van der Waals surface area (Å²) in [5, 5.41) is 3.81. The fourth-order valence-electron chi connectivity index (χ4n) is 8.10. The van der Waals surface area contributed by atoms with Gasteiger partial charge < -0.3 is 15.0 Å². The number of aromatic nitrogens is 1. The van der Waals surface area contributed by atoms with Crippen LogP contribution in [0.2, 0.25) is 0 Å². The van der Waals surface area contributed by atoms with E-state index in [0.29, 0.717) is 17.1 Å². The van der Waals surface area contributed by atoms with Crippen molar-refractivity contribution >= 4 is 68.1 Å². The van der Waals surface area contributed by atoms with Gasteiger partial charge in [-0.3, -0.25) is 24.1 Å². The number of carbonyl (C=O) groups is 3. The molecule has 8 nitrogen and oxygen atoms in total. The topological polar surface area (TPSA) is 109 Å². The highest BCUT2D eigenvalue weighted by atomic mass is 79.9. The smallest absolute Gasteiger partial charge is 0.305 e. The molecular weight excluding hydrogens is 674 g/mol. The van der Waals surface area contributed by atoms with E-state index in [1.807, 2.05) is 79.7 Å². The minimum absolute atomic E-state index is 0.00873. The number of benzene rings is 3. The molecule has 228 valence electrons. The van der Waals surface area contributed by atoms with Crippen molar-refractivity contribution in [1.82, 2.24) is 4.98 Å². The molecule has 0 radical (unpaired) electrons. The number of imide groups is 1. The average Bonchev–Trinajstić information content (AvgIpc) is 3.75. The zero-order valence-electron chi connectivity index (χ0n) is 24.1. The second kappa shape index (κ2) is 11.0. The first-order valence-corrected chi connectivity index (χ1v) is 17.4. The van der Waals surface area contributed by atoms with Gasteiger partial charge in [0.25, 0.3) is 5.91 Å². The van der Waals surface area contributed by atoms with Crippen LogP contribution >= 0.6 is 39.0 Å². The molecule has 7 atom stereocenters. The number of thiazole rings is 1. The number of carbonyl (C=O) groups excluding carboxylic acids is 3. The number of anilines is 2. The van der Waals surface area contributed by atoms with Crippen LogP contribution in [0.25, 0.3) is 0 Å². The molecular formula is C34H28BrN3O5S2. The zero-order chi connectivity index (χ0) is 31.0. The Bertz CT molecular complexity index is 1920. The fraction of sp³-hybridized carbons (Fsp3) is 0.294. The van der Waals surface area contributed by atoms with Crippen LogP contribution in [0.5, 0.6) is 5.75 Å². The predicted octanol–water partition coefficient (Wildman–Crippen LogP) is 6.20. The summed E-state index contributed by atoms with van der Waals surface area (Å²) in [4.78, 5) is 58.4. The van der Waals surface area contributed by atoms with E-state index >= 15 is 0 Å². The molecule has 3 aromatic carbocycles. The van der Waals surface area contributed by atoms with E-state index in [2.05, 4.69) is 26.2 Å². The van der Waals surface area contributed by atoms with Crippen LogP contribution in [0, 0.1) is 36.5 Å². The molecule has 2 bridgehead atoms. The van der Waals surface area contributed by atoms with Crippen molar-refractivity contribution in [3.05, 3.63) is 103 Å². The van der Waals surface area contributed by atoms with Crippen LogP contribution in [0.1, 0.15) is 28.3 Å². The van der Waals surface area contributed by atoms with Gasteiger partial charge in [-0.2, -0.15) is 0 Å². The molecule has 3 heterocycles. The number of fused-ring (bicyclic) bond motifs is 9. The summed E-state index contributed by atoms with van der Waals surface area (Å²) in [5.41, 5.74) is 3.34. The Labute approximate surface area is 275 Å². The molecule has 3 amide bonds. The van der Waals surface area contributed by atoms with Gasteiger partial charge in [0, 0.05) is 26.2 Å². The number of thioether (sulfide) groups is 1. The monoisotopic (exact) mass is 701 g/mol. The molecule has 2 saturated carbocycles. The van der Waals surface area contributed by atoms with Crippen molar-refractivity contribution in [2.45, 2.75) is 29.5 Å². The zero-order valence-corrected chi connectivity index (χ0v) is 27.3. The van der Waals surface area contributed by atoms with Gasteiger partial charge >= 0.3 is 4.87 Å². The summed E-state index contributed by atoms with van der Waals surface area (Å²) in [6, 6.07) is 22.6. The van der Waals surface area contributed by atoms with Gasteiger partial charge in [0.05, 0.1) is 22.5 Å². The number of rotatable bonds is 6. The summed E-state index contributed by atoms with van der Waals surface area (Å²) >= 11 is 6.32. The SMILES string of the molecule is Cc1cccc(NC(=O)COc2cccc([C@H]3c4sc(=O)[nH]c4SC4C3[C@H]3C[C@@H]4C4C(=O)N(c5ccc(Br)cc5)C(=O)C43)c2)c1. The normalized spacial score (nSPS) is 27.7. The lowest BCUT2D eigenvalue weighted by Crippen LogP contribution is -2.42. The molecule has 0 spiro atoms. The maximum atomic E-state index is 14.0. The van der Waals surface area contributed by atoms with Gasteiger partial charge in [-0.25, -0.2) is 0 Å². The Morgan fingerprint density at radius 3 is 2.53 bits per heavy atom. The molecule has 4 aliphatic rings. The molecule has 11 heteroatoms. The largest absolute Gasteiger partial charge is 0.484 e. The van der Waals surface area contributed by atoms with E-state index in [1.165, 1.54) is 16.2 Å². The van der Waals surface area contributed by atoms with Crippen LogP contribution in [-0.4, -0.2) is 34.6 Å². The lowest BCUT2D eigenvalue weighted by atomic mass is 9.68. The van der Waals surface area contributed by atoms with Crippen molar-refractivity contribution in [1.29, 1.82) is 0 Å². The van der Waals surface area contributed by atoms with E-state index in [0.717, 1.165) is 31.9 Å². The van der Waals surface area contributed by atoms with Crippen LogP contribution in [0.3, 0.4) is 0 Å². The van der Waals surface area contributed by atoms with Gasteiger partial charge in [0.1, 0.15) is 5.75 Å². The summed E-state index contributed by atoms with van der Waals surface area (Å²) < 4.78 is 6.83. The van der Waals surface area contributed by atoms with Gasteiger partial charge in [-0.1, -0.05) is 51.5 Å². The molecule has 2 aliphatic heterocycles. The number of aryl methyl sites for hydroxylation is 1. The van der Waals surface area contributed by atoms with E-state index < -0.39 is 0 Å². The van der Waals surface area contributed by atoms with Gasteiger partial charge in [-0.15, -0.1) is 11.8 Å². The first-order valence-electron chi connectivity index (χ1n) is 14.9. The van der Waals surface area contributed by atoms with Crippen molar-refractivity contribution in [2.24, 2.45) is 29.6 Å². The molecule has 1 aromatic heterocycles. The quantitative estimate of drug-likeness (QED) is 0.232. The second-order valence-corrected chi connectivity index (χ2v) is 15.3. The Morgan fingerprint density at radius 1 is 1.00 bits per heavy atom. The Balaban J connectivity index is 1.09. The second-order valence-electron chi connectivity index (χ2n) is 12.2. The average molecular weight is 703 g/mol. The van der Waals surface area contributed by atoms with Crippen LogP contribution in [0.4, 0.5) is 11.4 Å². The molecule has 4 unspecified atom stereocenters. The number of nitrogens with one attached hydrogen (secondary N) is 2. The highest BCUT2D eigenvalue weighted by Crippen LogP contribution is 2.68. The molecule has 1 saturated heterocycles. The maximum absolute atomic E-state index is 14.0. The Morgan fingerprint density at radius 2 is 1.76 bits per heavy atom. The van der Waals surface area contributed by atoms with E-state index in [4.69, 9.17) is 4.74 Å². The minimum Gasteiger partial charge on any atom is -0.484 e. The van der Waals surface area contributed by atoms with Gasteiger partial charge in [0.15, 0.2) is 6.61 Å². The minimum atomic E-state index is -0.377. The van der Waals surface area contributed by atoms with Crippen molar-refractivity contribution in [3.63, 3.8) is 0 Å². The van der Waals surface area contributed by atoms with Crippen LogP contribution in [-0.2, 0) is 14.4 Å². The predicted molar refractivity (Wildman–Crippen MR) is 177 cm³/mol. The maximum Gasteiger partial charge on any atom is 0.305 e. The van der Waals surface area contributed by atoms with E-state index in [-0.39, 0.29) is 70.0 Å². The third-order valence-electron chi connectivity index (χ3n) is 9.70. The number of aromatic amines is 1. The fourth-order valence-corrected chi connectivity index (χ4v) is 11.3. The lowest BCUT2D eigenvalue weighted by Gasteiger charge is -2.43. The van der Waals surface area contributed by atoms with Gasteiger partial charge in [-0.05, 0) is 90.8 Å².